The van der Waals surface area contributed by atoms with Crippen LogP contribution in [0.3, 0.4) is 0 Å². The molecule has 1 rings (SSSR count). The number of rotatable bonds is 7. The van der Waals surface area contributed by atoms with E-state index in [1.54, 1.807) is 0 Å². The monoisotopic (exact) mass is 327 g/mol. The summed E-state index contributed by atoms with van der Waals surface area (Å²) in [5.74, 6) is 0. The maximum Gasteiger partial charge on any atom is 0.0413 e. The minimum Gasteiger partial charge on any atom is -0.373 e. The molecular weight excluding hydrogens is 302 g/mol. The minimum atomic E-state index is 0.360. The van der Waals surface area contributed by atoms with Gasteiger partial charge in [-0.15, -0.1) is 0 Å². The van der Waals surface area contributed by atoms with Crippen LogP contribution in [-0.2, 0) is 0 Å². The second-order valence-electron chi connectivity index (χ2n) is 5.21. The van der Waals surface area contributed by atoms with Crippen LogP contribution in [-0.4, -0.2) is 45.7 Å². The zero-order valence-electron chi connectivity index (χ0n) is 12.7. The Kier molecular flexibility index (Phi) is 6.83. The molecule has 0 fully saturated rings. The molecule has 0 saturated carbocycles. The van der Waals surface area contributed by atoms with E-state index in [2.05, 4.69) is 84.2 Å². The molecule has 0 aliphatic rings. The Morgan fingerprint density at radius 2 is 1.89 bits per heavy atom. The van der Waals surface area contributed by atoms with Crippen LogP contribution in [0.2, 0.25) is 0 Å². The molecule has 0 bridgehead atoms. The third kappa shape index (κ3) is 5.13. The Labute approximate surface area is 126 Å². The van der Waals surface area contributed by atoms with Gasteiger partial charge in [0.25, 0.3) is 0 Å². The first kappa shape index (κ1) is 16.5. The second kappa shape index (κ2) is 7.88. The number of anilines is 1. The number of benzene rings is 1. The van der Waals surface area contributed by atoms with Gasteiger partial charge in [0.15, 0.2) is 0 Å². The smallest absolute Gasteiger partial charge is 0.0413 e. The summed E-state index contributed by atoms with van der Waals surface area (Å²) in [7, 11) is 6.38. The first-order valence-electron chi connectivity index (χ1n) is 6.84. The maximum atomic E-state index is 3.57. The summed E-state index contributed by atoms with van der Waals surface area (Å²) in [4.78, 5) is 4.54. The van der Waals surface area contributed by atoms with Crippen molar-refractivity contribution in [3.05, 3.63) is 28.2 Å². The van der Waals surface area contributed by atoms with Crippen LogP contribution in [0.15, 0.2) is 22.7 Å². The standard InChI is InChI=1S/C15H26BrN3/c1-6-17-12(2)14-11-13(16)7-8-15(14)19(5)10-9-18(3)4/h7-8,11-12,17H,6,9-10H2,1-5H3. The zero-order chi connectivity index (χ0) is 14.4. The molecule has 1 N–H and O–H groups in total. The average molecular weight is 328 g/mol. The Balaban J connectivity index is 2.92. The maximum absolute atomic E-state index is 3.57. The molecule has 0 spiro atoms. The summed E-state index contributed by atoms with van der Waals surface area (Å²) in [5.41, 5.74) is 2.65. The predicted octanol–water partition coefficient (Wildman–Crippen LogP) is 3.12. The van der Waals surface area contributed by atoms with Gasteiger partial charge in [-0.25, -0.2) is 0 Å². The second-order valence-corrected chi connectivity index (χ2v) is 6.12. The third-order valence-electron chi connectivity index (χ3n) is 3.26. The normalized spacial score (nSPS) is 12.8. The lowest BCUT2D eigenvalue weighted by Crippen LogP contribution is -2.30. The molecule has 3 nitrogen and oxygen atoms in total. The topological polar surface area (TPSA) is 18.5 Å². The van der Waals surface area contributed by atoms with Gasteiger partial charge in [-0.3, -0.25) is 0 Å². The number of hydrogen-bond donors (Lipinski definition) is 1. The van der Waals surface area contributed by atoms with Crippen LogP contribution in [0.5, 0.6) is 0 Å². The Bertz CT molecular complexity index is 393. The van der Waals surface area contributed by atoms with Crippen molar-refractivity contribution in [2.24, 2.45) is 0 Å². The Hall–Kier alpha value is -0.580. The van der Waals surface area contributed by atoms with E-state index < -0.39 is 0 Å². The molecule has 1 aromatic carbocycles. The predicted molar refractivity (Wildman–Crippen MR) is 88.1 cm³/mol. The third-order valence-corrected chi connectivity index (χ3v) is 3.75. The van der Waals surface area contributed by atoms with E-state index in [0.29, 0.717) is 6.04 Å². The SMILES string of the molecule is CCNC(C)c1cc(Br)ccc1N(C)CCN(C)C. The van der Waals surface area contributed by atoms with Crippen LogP contribution in [0.25, 0.3) is 0 Å². The fourth-order valence-electron chi connectivity index (χ4n) is 2.11. The number of nitrogens with zero attached hydrogens (tertiary/aromatic N) is 2. The highest BCUT2D eigenvalue weighted by molar-refractivity contribution is 9.10. The molecule has 19 heavy (non-hydrogen) atoms. The minimum absolute atomic E-state index is 0.360. The highest BCUT2D eigenvalue weighted by atomic mass is 79.9. The fourth-order valence-corrected chi connectivity index (χ4v) is 2.49. The molecule has 0 saturated heterocycles. The molecule has 0 radical (unpaired) electrons. The van der Waals surface area contributed by atoms with E-state index in [1.807, 2.05) is 0 Å². The summed E-state index contributed by atoms with van der Waals surface area (Å²) in [6.07, 6.45) is 0. The highest BCUT2D eigenvalue weighted by Crippen LogP contribution is 2.28. The van der Waals surface area contributed by atoms with Gasteiger partial charge in [-0.05, 0) is 51.3 Å². The van der Waals surface area contributed by atoms with Gasteiger partial charge >= 0.3 is 0 Å². The van der Waals surface area contributed by atoms with E-state index in [0.717, 1.165) is 24.1 Å². The van der Waals surface area contributed by atoms with Crippen LogP contribution in [0.1, 0.15) is 25.5 Å². The van der Waals surface area contributed by atoms with Crippen molar-refractivity contribution in [1.29, 1.82) is 0 Å². The molecule has 0 heterocycles. The van der Waals surface area contributed by atoms with Crippen LogP contribution in [0.4, 0.5) is 5.69 Å². The molecule has 1 unspecified atom stereocenters. The van der Waals surface area contributed by atoms with Crippen molar-refractivity contribution in [1.82, 2.24) is 10.2 Å². The van der Waals surface area contributed by atoms with Crippen molar-refractivity contribution >= 4 is 21.6 Å². The summed E-state index contributed by atoms with van der Waals surface area (Å²) in [6, 6.07) is 6.89. The quantitative estimate of drug-likeness (QED) is 0.830. The van der Waals surface area contributed by atoms with Crippen LogP contribution in [0, 0.1) is 0 Å². The van der Waals surface area contributed by atoms with Gasteiger partial charge in [-0.2, -0.15) is 0 Å². The molecule has 1 aromatic rings. The first-order chi connectivity index (χ1) is 8.95. The summed E-state index contributed by atoms with van der Waals surface area (Å²) >= 11 is 3.57. The molecular formula is C15H26BrN3. The van der Waals surface area contributed by atoms with Gasteiger partial charge in [0.1, 0.15) is 0 Å². The molecule has 0 amide bonds. The van der Waals surface area contributed by atoms with E-state index in [9.17, 15) is 0 Å². The lowest BCUT2D eigenvalue weighted by molar-refractivity contribution is 0.416. The Morgan fingerprint density at radius 1 is 1.21 bits per heavy atom. The zero-order valence-corrected chi connectivity index (χ0v) is 14.3. The van der Waals surface area contributed by atoms with Crippen molar-refractivity contribution in [3.63, 3.8) is 0 Å². The van der Waals surface area contributed by atoms with Gasteiger partial charge in [0.2, 0.25) is 0 Å². The van der Waals surface area contributed by atoms with Gasteiger partial charge in [0, 0.05) is 36.3 Å². The van der Waals surface area contributed by atoms with Crippen molar-refractivity contribution in [2.45, 2.75) is 19.9 Å². The van der Waals surface area contributed by atoms with Crippen molar-refractivity contribution in [3.8, 4) is 0 Å². The molecule has 0 aliphatic heterocycles. The van der Waals surface area contributed by atoms with Gasteiger partial charge < -0.3 is 15.1 Å². The lowest BCUT2D eigenvalue weighted by atomic mass is 10.1. The fraction of sp³-hybridized carbons (Fsp3) is 0.600. The van der Waals surface area contributed by atoms with E-state index in [4.69, 9.17) is 0 Å². The van der Waals surface area contributed by atoms with Gasteiger partial charge in [0.05, 0.1) is 0 Å². The van der Waals surface area contributed by atoms with Crippen LogP contribution >= 0.6 is 15.9 Å². The summed E-state index contributed by atoms with van der Waals surface area (Å²) < 4.78 is 1.14. The van der Waals surface area contributed by atoms with Crippen LogP contribution < -0.4 is 10.2 Å². The lowest BCUT2D eigenvalue weighted by Gasteiger charge is -2.27. The molecule has 1 atom stereocenters. The van der Waals surface area contributed by atoms with E-state index in [-0.39, 0.29) is 0 Å². The molecule has 108 valence electrons. The average Bonchev–Trinajstić information content (AvgIpc) is 2.36. The number of nitrogens with one attached hydrogen (secondary N) is 1. The van der Waals surface area contributed by atoms with Gasteiger partial charge in [-0.1, -0.05) is 22.9 Å². The number of hydrogen-bond acceptors (Lipinski definition) is 3. The number of halogens is 1. The Morgan fingerprint density at radius 3 is 2.47 bits per heavy atom. The largest absolute Gasteiger partial charge is 0.373 e. The highest BCUT2D eigenvalue weighted by Gasteiger charge is 2.13. The first-order valence-corrected chi connectivity index (χ1v) is 7.63. The summed E-state index contributed by atoms with van der Waals surface area (Å²) in [5, 5.41) is 3.49. The van der Waals surface area contributed by atoms with Crippen molar-refractivity contribution < 1.29 is 0 Å². The molecule has 4 heteroatoms. The van der Waals surface area contributed by atoms with E-state index >= 15 is 0 Å². The van der Waals surface area contributed by atoms with Crippen molar-refractivity contribution in [2.75, 3.05) is 45.7 Å². The number of likely N-dealkylation sites (N-methyl/N-ethyl adjacent to an activating group) is 2. The molecule has 0 aromatic heterocycles. The summed E-state index contributed by atoms with van der Waals surface area (Å²) in [6.45, 7) is 7.43. The molecule has 0 aliphatic carbocycles. The van der Waals surface area contributed by atoms with E-state index in [1.165, 1.54) is 11.3 Å².